The summed E-state index contributed by atoms with van der Waals surface area (Å²) in [6.07, 6.45) is -0.173. The third-order valence-corrected chi connectivity index (χ3v) is 8.02. The zero-order chi connectivity index (χ0) is 23.8. The number of carboxylic acid groups (broad SMARTS) is 1. The van der Waals surface area contributed by atoms with Crippen molar-refractivity contribution in [3.05, 3.63) is 59.7 Å². The Hall–Kier alpha value is -2.65. The van der Waals surface area contributed by atoms with Crippen LogP contribution in [0.4, 0.5) is 4.79 Å². The van der Waals surface area contributed by atoms with Crippen molar-refractivity contribution in [3.8, 4) is 11.1 Å². The number of hydrogen-bond acceptors (Lipinski definition) is 6. The standard InChI is InChI=1S/C24H28N2O5S2/c1-16(23(28)29)26(2)22(27)11-13-32-33-14-12-25-24(30)31-15-21-19-9-5-3-7-17(19)18-8-4-6-10-20(18)21/h3-10,16,21H,11-15H2,1-2H3,(H,25,30)(H,28,29)/t16-/m0/s1. The summed E-state index contributed by atoms with van der Waals surface area (Å²) in [5, 5.41) is 11.7. The van der Waals surface area contributed by atoms with Gasteiger partial charge in [0.05, 0.1) is 0 Å². The van der Waals surface area contributed by atoms with Gasteiger partial charge in [-0.1, -0.05) is 70.1 Å². The monoisotopic (exact) mass is 488 g/mol. The van der Waals surface area contributed by atoms with E-state index >= 15 is 0 Å². The lowest BCUT2D eigenvalue weighted by atomic mass is 9.98. The minimum Gasteiger partial charge on any atom is -0.480 e. The molecule has 0 spiro atoms. The Morgan fingerprint density at radius 3 is 2.21 bits per heavy atom. The van der Waals surface area contributed by atoms with Crippen molar-refractivity contribution in [1.82, 2.24) is 10.2 Å². The highest BCUT2D eigenvalue weighted by molar-refractivity contribution is 8.76. The molecule has 7 nitrogen and oxygen atoms in total. The van der Waals surface area contributed by atoms with E-state index in [-0.39, 0.29) is 24.9 Å². The number of carbonyl (C=O) groups excluding carboxylic acids is 2. The lowest BCUT2D eigenvalue weighted by Crippen LogP contribution is -2.40. The number of fused-ring (bicyclic) bond motifs is 3. The number of nitrogens with one attached hydrogen (secondary N) is 1. The van der Waals surface area contributed by atoms with Crippen LogP contribution in [-0.4, -0.2) is 65.7 Å². The van der Waals surface area contributed by atoms with Gasteiger partial charge in [-0.25, -0.2) is 9.59 Å². The van der Waals surface area contributed by atoms with Gasteiger partial charge >= 0.3 is 12.1 Å². The van der Waals surface area contributed by atoms with Crippen LogP contribution in [0.3, 0.4) is 0 Å². The van der Waals surface area contributed by atoms with Crippen molar-refractivity contribution >= 4 is 39.6 Å². The predicted octanol–water partition coefficient (Wildman–Crippen LogP) is 4.23. The van der Waals surface area contributed by atoms with Gasteiger partial charge in [-0.15, -0.1) is 0 Å². The summed E-state index contributed by atoms with van der Waals surface area (Å²) in [5.74, 6) is 0.0600. The van der Waals surface area contributed by atoms with E-state index < -0.39 is 18.1 Å². The summed E-state index contributed by atoms with van der Waals surface area (Å²) in [6.45, 7) is 2.22. The van der Waals surface area contributed by atoms with E-state index in [9.17, 15) is 14.4 Å². The molecule has 1 atom stereocenters. The molecule has 0 unspecified atom stereocenters. The number of nitrogens with zero attached hydrogens (tertiary/aromatic N) is 1. The van der Waals surface area contributed by atoms with Crippen LogP contribution in [0, 0.1) is 0 Å². The van der Waals surface area contributed by atoms with Crippen molar-refractivity contribution in [1.29, 1.82) is 0 Å². The van der Waals surface area contributed by atoms with Gasteiger partial charge in [-0.3, -0.25) is 4.79 Å². The first kappa shape index (κ1) is 25.0. The second-order valence-electron chi connectivity index (χ2n) is 7.67. The zero-order valence-electron chi connectivity index (χ0n) is 18.7. The van der Waals surface area contributed by atoms with Crippen LogP contribution < -0.4 is 5.32 Å². The number of hydrogen-bond donors (Lipinski definition) is 2. The molecule has 33 heavy (non-hydrogen) atoms. The number of amides is 2. The number of alkyl carbamates (subject to hydrolysis) is 1. The average Bonchev–Trinajstić information content (AvgIpc) is 3.14. The van der Waals surface area contributed by atoms with Crippen molar-refractivity contribution < 1.29 is 24.2 Å². The fraction of sp³-hybridized carbons (Fsp3) is 0.375. The van der Waals surface area contributed by atoms with E-state index in [1.54, 1.807) is 10.8 Å². The molecule has 0 aromatic heterocycles. The third kappa shape index (κ3) is 6.45. The van der Waals surface area contributed by atoms with Crippen LogP contribution in [0.25, 0.3) is 11.1 Å². The topological polar surface area (TPSA) is 95.9 Å². The molecule has 176 valence electrons. The fourth-order valence-corrected chi connectivity index (χ4v) is 5.54. The largest absolute Gasteiger partial charge is 0.480 e. The van der Waals surface area contributed by atoms with Crippen molar-refractivity contribution in [2.24, 2.45) is 0 Å². The van der Waals surface area contributed by atoms with Crippen LogP contribution in [0.2, 0.25) is 0 Å². The Balaban J connectivity index is 1.32. The normalized spacial score (nSPS) is 13.0. The first-order valence-electron chi connectivity index (χ1n) is 10.7. The number of rotatable bonds is 11. The van der Waals surface area contributed by atoms with E-state index in [2.05, 4.69) is 29.6 Å². The molecule has 0 aliphatic heterocycles. The summed E-state index contributed by atoms with van der Waals surface area (Å²) in [5.41, 5.74) is 4.74. The Kier molecular flexibility index (Phi) is 9.08. The maximum atomic E-state index is 12.1. The van der Waals surface area contributed by atoms with Crippen LogP contribution in [0.5, 0.6) is 0 Å². The maximum absolute atomic E-state index is 12.1. The molecule has 2 aromatic carbocycles. The lowest BCUT2D eigenvalue weighted by Gasteiger charge is -2.21. The lowest BCUT2D eigenvalue weighted by molar-refractivity contribution is -0.148. The molecule has 2 amide bonds. The average molecular weight is 489 g/mol. The molecule has 0 saturated heterocycles. The molecule has 0 heterocycles. The van der Waals surface area contributed by atoms with E-state index in [1.807, 2.05) is 24.3 Å². The van der Waals surface area contributed by atoms with Gasteiger partial charge in [-0.2, -0.15) is 0 Å². The van der Waals surface area contributed by atoms with Gasteiger partial charge in [0.15, 0.2) is 0 Å². The minimum absolute atomic E-state index is 0.0348. The van der Waals surface area contributed by atoms with Gasteiger partial charge in [0.25, 0.3) is 0 Å². The smallest absolute Gasteiger partial charge is 0.407 e. The first-order chi connectivity index (χ1) is 15.9. The summed E-state index contributed by atoms with van der Waals surface area (Å²) in [6, 6.07) is 15.6. The van der Waals surface area contributed by atoms with Gasteiger partial charge in [0, 0.05) is 37.4 Å². The number of aliphatic carboxylic acids is 1. The molecular formula is C24H28N2O5S2. The third-order valence-electron chi connectivity index (χ3n) is 5.61. The first-order valence-corrected chi connectivity index (χ1v) is 13.2. The van der Waals surface area contributed by atoms with Crippen LogP contribution in [0.15, 0.2) is 48.5 Å². The highest BCUT2D eigenvalue weighted by Crippen LogP contribution is 2.44. The summed E-state index contributed by atoms with van der Waals surface area (Å²) < 4.78 is 5.50. The van der Waals surface area contributed by atoms with Crippen molar-refractivity contribution in [2.75, 3.05) is 31.7 Å². The van der Waals surface area contributed by atoms with E-state index in [4.69, 9.17) is 9.84 Å². The fourth-order valence-electron chi connectivity index (χ4n) is 3.65. The quantitative estimate of drug-likeness (QED) is 0.361. The molecule has 0 radical (unpaired) electrons. The van der Waals surface area contributed by atoms with Gasteiger partial charge in [0.2, 0.25) is 5.91 Å². The molecule has 0 fully saturated rings. The van der Waals surface area contributed by atoms with Crippen LogP contribution in [0.1, 0.15) is 30.4 Å². The highest BCUT2D eigenvalue weighted by atomic mass is 33.1. The predicted molar refractivity (Wildman–Crippen MR) is 132 cm³/mol. The molecule has 9 heteroatoms. The molecule has 2 N–H and O–H groups in total. The van der Waals surface area contributed by atoms with Gasteiger partial charge in [-0.05, 0) is 29.2 Å². The number of carboxylic acids is 1. The Morgan fingerprint density at radius 1 is 1.03 bits per heavy atom. The van der Waals surface area contributed by atoms with E-state index in [0.717, 1.165) is 0 Å². The second kappa shape index (κ2) is 12.0. The van der Waals surface area contributed by atoms with E-state index in [0.29, 0.717) is 18.1 Å². The SMILES string of the molecule is C[C@@H](C(=O)O)N(C)C(=O)CCSSCCNC(=O)OCC1c2ccccc2-c2ccccc21. The van der Waals surface area contributed by atoms with Crippen molar-refractivity contribution in [2.45, 2.75) is 25.3 Å². The Morgan fingerprint density at radius 2 is 1.61 bits per heavy atom. The minimum atomic E-state index is -1.02. The number of carbonyl (C=O) groups is 3. The molecule has 1 aliphatic rings. The molecule has 2 aromatic rings. The Labute approximate surface area is 201 Å². The van der Waals surface area contributed by atoms with Crippen molar-refractivity contribution in [3.63, 3.8) is 0 Å². The second-order valence-corrected chi connectivity index (χ2v) is 10.4. The molecule has 3 rings (SSSR count). The summed E-state index contributed by atoms with van der Waals surface area (Å²) >= 11 is 0. The van der Waals surface area contributed by atoms with Gasteiger partial charge < -0.3 is 20.1 Å². The Bertz CT molecular complexity index is 955. The number of likely N-dealkylation sites (N-methyl/N-ethyl adjacent to an activating group) is 1. The zero-order valence-corrected chi connectivity index (χ0v) is 20.3. The maximum Gasteiger partial charge on any atom is 0.407 e. The molecule has 1 aliphatic carbocycles. The molecule has 0 saturated carbocycles. The number of benzene rings is 2. The highest BCUT2D eigenvalue weighted by Gasteiger charge is 2.29. The van der Waals surface area contributed by atoms with Crippen LogP contribution in [-0.2, 0) is 14.3 Å². The van der Waals surface area contributed by atoms with E-state index in [1.165, 1.54) is 51.9 Å². The number of ether oxygens (including phenoxy) is 1. The summed E-state index contributed by atoms with van der Waals surface area (Å²) in [7, 11) is 4.56. The molecule has 0 bridgehead atoms. The molecular weight excluding hydrogens is 460 g/mol. The van der Waals surface area contributed by atoms with Gasteiger partial charge in [0.1, 0.15) is 12.6 Å². The summed E-state index contributed by atoms with van der Waals surface area (Å²) in [4.78, 5) is 36.3. The van der Waals surface area contributed by atoms with Crippen LogP contribution >= 0.6 is 21.6 Å².